The topological polar surface area (TPSA) is 74.6 Å². The first-order valence-corrected chi connectivity index (χ1v) is 8.23. The number of imidazole rings is 1. The van der Waals surface area contributed by atoms with E-state index < -0.39 is 0 Å². The van der Waals surface area contributed by atoms with Crippen molar-refractivity contribution >= 4 is 11.6 Å². The minimum atomic E-state index is 0.494. The van der Waals surface area contributed by atoms with Crippen LogP contribution in [-0.4, -0.2) is 29.5 Å². The van der Waals surface area contributed by atoms with Crippen LogP contribution in [0.3, 0.4) is 0 Å². The molecule has 0 saturated heterocycles. The number of rotatable bonds is 2. The number of hydrogen-bond acceptors (Lipinski definition) is 5. The van der Waals surface area contributed by atoms with Gasteiger partial charge in [0.15, 0.2) is 11.6 Å². The molecule has 0 amide bonds. The third-order valence-electron chi connectivity index (χ3n) is 4.37. The van der Waals surface area contributed by atoms with E-state index in [1.54, 1.807) is 6.20 Å². The molecule has 1 aliphatic heterocycles. The first kappa shape index (κ1) is 14.4. The summed E-state index contributed by atoms with van der Waals surface area (Å²) in [5.41, 5.74) is 3.98. The summed E-state index contributed by atoms with van der Waals surface area (Å²) in [5, 5.41) is 9.06. The molecule has 0 spiro atoms. The van der Waals surface area contributed by atoms with Crippen LogP contribution in [0.25, 0.3) is 17.1 Å². The lowest BCUT2D eigenvalue weighted by Gasteiger charge is -2.08. The second kappa shape index (κ2) is 5.29. The van der Waals surface area contributed by atoms with Crippen LogP contribution in [-0.2, 0) is 13.0 Å². The molecule has 7 nitrogen and oxygen atoms in total. The fraction of sp³-hybridized carbons (Fsp3) is 0.176. The van der Waals surface area contributed by atoms with Crippen LogP contribution in [0.4, 0.5) is 0 Å². The van der Waals surface area contributed by atoms with Gasteiger partial charge in [0, 0.05) is 16.7 Å². The van der Waals surface area contributed by atoms with Gasteiger partial charge in [0.2, 0.25) is 0 Å². The quantitative estimate of drug-likeness (QED) is 0.488. The van der Waals surface area contributed by atoms with Gasteiger partial charge >= 0.3 is 0 Å². The van der Waals surface area contributed by atoms with Crippen LogP contribution in [0.1, 0.15) is 23.0 Å². The highest BCUT2D eigenvalue weighted by atomic mass is 35.5. The molecular formula is C17H13ClN6O. The fourth-order valence-corrected chi connectivity index (χ4v) is 3.34. The smallest absolute Gasteiger partial charge is 0.160 e. The lowest BCUT2D eigenvalue weighted by molar-refractivity contribution is 0.387. The monoisotopic (exact) mass is 352 g/mol. The van der Waals surface area contributed by atoms with Crippen LogP contribution in [0.5, 0.6) is 0 Å². The Morgan fingerprint density at radius 1 is 1.28 bits per heavy atom. The summed E-state index contributed by atoms with van der Waals surface area (Å²) in [4.78, 5) is 9.18. The molecule has 1 aliphatic rings. The molecule has 0 unspecified atom stereocenters. The maximum absolute atomic E-state index is 6.25. The van der Waals surface area contributed by atoms with Gasteiger partial charge in [-0.2, -0.15) is 5.10 Å². The normalized spacial score (nSPS) is 12.4. The van der Waals surface area contributed by atoms with Gasteiger partial charge in [-0.05, 0) is 25.1 Å². The maximum Gasteiger partial charge on any atom is 0.160 e. The van der Waals surface area contributed by atoms with Gasteiger partial charge in [-0.3, -0.25) is 0 Å². The molecule has 5 rings (SSSR count). The van der Waals surface area contributed by atoms with Crippen LogP contribution in [0.2, 0.25) is 5.02 Å². The second-order valence-corrected chi connectivity index (χ2v) is 6.41. The fourth-order valence-electron chi connectivity index (χ4n) is 3.16. The predicted octanol–water partition coefficient (Wildman–Crippen LogP) is 3.03. The van der Waals surface area contributed by atoms with Gasteiger partial charge in [-0.25, -0.2) is 14.6 Å². The lowest BCUT2D eigenvalue weighted by Crippen LogP contribution is -2.06. The van der Waals surface area contributed by atoms with E-state index in [0.717, 1.165) is 34.2 Å². The lowest BCUT2D eigenvalue weighted by atomic mass is 10.1. The number of aryl methyl sites for hydroxylation is 1. The van der Waals surface area contributed by atoms with Crippen molar-refractivity contribution < 1.29 is 4.52 Å². The Bertz CT molecular complexity index is 1080. The first-order chi connectivity index (χ1) is 12.2. The summed E-state index contributed by atoms with van der Waals surface area (Å²) in [5.74, 6) is 2.20. The highest BCUT2D eigenvalue weighted by molar-refractivity contribution is 6.31. The van der Waals surface area contributed by atoms with Gasteiger partial charge in [-0.1, -0.05) is 16.8 Å². The van der Waals surface area contributed by atoms with Gasteiger partial charge in [-0.15, -0.1) is 0 Å². The molecule has 4 heterocycles. The number of halogens is 1. The molecule has 0 N–H and O–H groups in total. The van der Waals surface area contributed by atoms with E-state index in [4.69, 9.17) is 21.1 Å². The third kappa shape index (κ3) is 2.27. The highest BCUT2D eigenvalue weighted by Crippen LogP contribution is 2.33. The van der Waals surface area contributed by atoms with Crippen LogP contribution >= 0.6 is 11.6 Å². The molecule has 3 aromatic heterocycles. The van der Waals surface area contributed by atoms with Crippen LogP contribution < -0.4 is 0 Å². The Hall–Kier alpha value is -2.93. The van der Waals surface area contributed by atoms with Crippen molar-refractivity contribution in [2.45, 2.75) is 19.9 Å². The van der Waals surface area contributed by atoms with E-state index in [-0.39, 0.29) is 0 Å². The molecule has 0 fully saturated rings. The van der Waals surface area contributed by atoms with Crippen molar-refractivity contribution in [1.82, 2.24) is 29.5 Å². The summed E-state index contributed by atoms with van der Waals surface area (Å²) in [6.45, 7) is 2.59. The van der Waals surface area contributed by atoms with Gasteiger partial charge < -0.3 is 9.09 Å². The molecular weight excluding hydrogens is 340 g/mol. The Morgan fingerprint density at radius 3 is 3.04 bits per heavy atom. The van der Waals surface area contributed by atoms with Crippen molar-refractivity contribution in [1.29, 1.82) is 0 Å². The molecule has 1 aromatic carbocycles. The first-order valence-electron chi connectivity index (χ1n) is 7.85. The third-order valence-corrected chi connectivity index (χ3v) is 4.61. The summed E-state index contributed by atoms with van der Waals surface area (Å²) in [6, 6.07) is 7.60. The Labute approximate surface area is 147 Å². The summed E-state index contributed by atoms with van der Waals surface area (Å²) < 4.78 is 9.15. The molecule has 0 saturated carbocycles. The molecule has 124 valence electrons. The van der Waals surface area contributed by atoms with Crippen molar-refractivity contribution in [2.75, 3.05) is 0 Å². The molecule has 0 radical (unpaired) electrons. The van der Waals surface area contributed by atoms with Crippen molar-refractivity contribution in [3.8, 4) is 17.1 Å². The molecule has 0 atom stereocenters. The SMILES string of the molecule is Cc1ncn2c1Cn1nc(Cc3ccno3)nc1-c1cc(Cl)ccc1-2. The van der Waals surface area contributed by atoms with Crippen LogP contribution in [0, 0.1) is 6.92 Å². The number of aromatic nitrogens is 6. The second-order valence-electron chi connectivity index (χ2n) is 5.97. The Balaban J connectivity index is 1.70. The zero-order chi connectivity index (χ0) is 17.0. The van der Waals surface area contributed by atoms with E-state index in [1.165, 1.54) is 0 Å². The zero-order valence-corrected chi connectivity index (χ0v) is 14.1. The average Bonchev–Trinajstić information content (AvgIpc) is 3.30. The van der Waals surface area contributed by atoms with Gasteiger partial charge in [0.25, 0.3) is 0 Å². The number of hydrogen-bond donors (Lipinski definition) is 0. The maximum atomic E-state index is 6.25. The van der Waals surface area contributed by atoms with Crippen LogP contribution in [0.15, 0.2) is 41.3 Å². The molecule has 25 heavy (non-hydrogen) atoms. The molecule has 4 aromatic rings. The van der Waals surface area contributed by atoms with E-state index in [0.29, 0.717) is 23.8 Å². The van der Waals surface area contributed by atoms with E-state index >= 15 is 0 Å². The largest absolute Gasteiger partial charge is 0.361 e. The van der Waals surface area contributed by atoms with E-state index in [1.807, 2.05) is 42.2 Å². The Kier molecular flexibility index (Phi) is 3.05. The standard InChI is InChI=1S/C17H13ClN6O/c1-10-15-8-24-17(21-16(22-24)7-12-4-5-20-25-12)13-6-11(18)2-3-14(13)23(15)9-19-10/h2-6,9H,7-8H2,1H3. The van der Waals surface area contributed by atoms with Crippen molar-refractivity contribution in [3.05, 3.63) is 64.8 Å². The Morgan fingerprint density at radius 2 is 2.20 bits per heavy atom. The van der Waals surface area contributed by atoms with Gasteiger partial charge in [0.1, 0.15) is 5.76 Å². The molecule has 8 heteroatoms. The number of fused-ring (bicyclic) bond motifs is 5. The summed E-state index contributed by atoms with van der Waals surface area (Å²) in [7, 11) is 0. The van der Waals surface area contributed by atoms with E-state index in [9.17, 15) is 0 Å². The zero-order valence-electron chi connectivity index (χ0n) is 13.3. The number of benzene rings is 1. The van der Waals surface area contributed by atoms with Crippen molar-refractivity contribution in [2.24, 2.45) is 0 Å². The minimum Gasteiger partial charge on any atom is -0.361 e. The minimum absolute atomic E-state index is 0.494. The summed E-state index contributed by atoms with van der Waals surface area (Å²) in [6.07, 6.45) is 3.95. The highest BCUT2D eigenvalue weighted by Gasteiger charge is 2.24. The molecule has 0 aliphatic carbocycles. The summed E-state index contributed by atoms with van der Waals surface area (Å²) >= 11 is 6.25. The number of nitrogens with zero attached hydrogens (tertiary/aromatic N) is 6. The molecule has 0 bridgehead atoms. The van der Waals surface area contributed by atoms with Crippen molar-refractivity contribution in [3.63, 3.8) is 0 Å². The van der Waals surface area contributed by atoms with E-state index in [2.05, 4.69) is 19.8 Å². The van der Waals surface area contributed by atoms with Gasteiger partial charge in [0.05, 0.1) is 42.6 Å². The predicted molar refractivity (Wildman–Crippen MR) is 90.7 cm³/mol. The average molecular weight is 353 g/mol.